The molecule has 0 unspecified atom stereocenters. The van der Waals surface area contributed by atoms with Crippen LogP contribution in [-0.2, 0) is 4.79 Å². The molecule has 1 aliphatic carbocycles. The summed E-state index contributed by atoms with van der Waals surface area (Å²) < 4.78 is 0.955. The Morgan fingerprint density at radius 1 is 1.13 bits per heavy atom. The maximum atomic E-state index is 12.4. The van der Waals surface area contributed by atoms with E-state index in [9.17, 15) is 4.79 Å². The monoisotopic (exact) mass is 372 g/mol. The molecule has 0 aliphatic heterocycles. The van der Waals surface area contributed by atoms with E-state index in [-0.39, 0.29) is 18.0 Å². The van der Waals surface area contributed by atoms with Gasteiger partial charge in [0.25, 0.3) is 0 Å². The number of anilines is 1. The van der Waals surface area contributed by atoms with Crippen molar-refractivity contribution in [3.05, 3.63) is 64.6 Å². The van der Waals surface area contributed by atoms with Crippen LogP contribution in [0.2, 0.25) is 0 Å². The number of carbonyl (C=O) groups is 1. The van der Waals surface area contributed by atoms with Crippen LogP contribution in [0.3, 0.4) is 0 Å². The van der Waals surface area contributed by atoms with Gasteiger partial charge in [-0.25, -0.2) is 0 Å². The summed E-state index contributed by atoms with van der Waals surface area (Å²) in [6, 6.07) is 18.0. The van der Waals surface area contributed by atoms with Crippen LogP contribution in [-0.4, -0.2) is 11.9 Å². The molecule has 1 aliphatic rings. The van der Waals surface area contributed by atoms with Crippen molar-refractivity contribution in [3.8, 4) is 0 Å². The molecular weight excluding hydrogens is 352 g/mol. The Hall–Kier alpha value is -1.65. The first kappa shape index (κ1) is 16.2. The van der Waals surface area contributed by atoms with Crippen LogP contribution in [0.15, 0.2) is 59.1 Å². The zero-order valence-corrected chi connectivity index (χ0v) is 14.7. The highest BCUT2D eigenvalue weighted by Gasteiger charge is 2.33. The van der Waals surface area contributed by atoms with Gasteiger partial charge in [-0.05, 0) is 49.4 Å². The lowest BCUT2D eigenvalue weighted by atomic mass is 10.0. The molecule has 1 saturated carbocycles. The molecule has 2 aromatic carbocycles. The fourth-order valence-electron chi connectivity index (χ4n) is 2.76. The van der Waals surface area contributed by atoms with Crippen molar-refractivity contribution in [1.82, 2.24) is 5.32 Å². The lowest BCUT2D eigenvalue weighted by molar-refractivity contribution is -0.118. The van der Waals surface area contributed by atoms with Gasteiger partial charge in [-0.15, -0.1) is 0 Å². The standard InChI is InChI=1S/C19H21BrN2O/c1-13(19(23)22-17-9-5-8-16(20)12-17)21-18(15-10-11-15)14-6-3-2-4-7-14/h2-9,12-13,15,18,21H,10-11H2,1H3,(H,22,23)/t13-,18-/m0/s1. The van der Waals surface area contributed by atoms with Crippen LogP contribution in [0.4, 0.5) is 5.69 Å². The maximum Gasteiger partial charge on any atom is 0.241 e. The lowest BCUT2D eigenvalue weighted by Crippen LogP contribution is -2.40. The molecule has 0 radical (unpaired) electrons. The van der Waals surface area contributed by atoms with Crippen LogP contribution in [0.5, 0.6) is 0 Å². The predicted molar refractivity (Wildman–Crippen MR) is 97.3 cm³/mol. The van der Waals surface area contributed by atoms with E-state index in [1.54, 1.807) is 0 Å². The molecule has 0 heterocycles. The number of halogens is 1. The van der Waals surface area contributed by atoms with E-state index < -0.39 is 0 Å². The van der Waals surface area contributed by atoms with E-state index in [2.05, 4.69) is 50.8 Å². The molecule has 2 aromatic rings. The Labute approximate surface area is 145 Å². The third kappa shape index (κ3) is 4.43. The molecule has 0 spiro atoms. The van der Waals surface area contributed by atoms with Crippen LogP contribution in [0, 0.1) is 5.92 Å². The second-order valence-corrected chi connectivity index (χ2v) is 7.03. The van der Waals surface area contributed by atoms with E-state index in [1.807, 2.05) is 37.3 Å². The van der Waals surface area contributed by atoms with E-state index in [0.717, 1.165) is 10.2 Å². The number of rotatable bonds is 6. The molecule has 1 fully saturated rings. The number of carbonyl (C=O) groups excluding carboxylic acids is 1. The number of hydrogen-bond acceptors (Lipinski definition) is 2. The highest BCUT2D eigenvalue weighted by molar-refractivity contribution is 9.10. The van der Waals surface area contributed by atoms with Crippen LogP contribution < -0.4 is 10.6 Å². The average molecular weight is 373 g/mol. The van der Waals surface area contributed by atoms with Gasteiger partial charge in [-0.2, -0.15) is 0 Å². The zero-order chi connectivity index (χ0) is 16.2. The summed E-state index contributed by atoms with van der Waals surface area (Å²) in [7, 11) is 0. The smallest absolute Gasteiger partial charge is 0.241 e. The van der Waals surface area contributed by atoms with Gasteiger partial charge in [0, 0.05) is 16.2 Å². The number of nitrogens with one attached hydrogen (secondary N) is 2. The second-order valence-electron chi connectivity index (χ2n) is 6.11. The molecule has 3 nitrogen and oxygen atoms in total. The first-order chi connectivity index (χ1) is 11.1. The fraction of sp³-hybridized carbons (Fsp3) is 0.316. The van der Waals surface area contributed by atoms with Gasteiger partial charge in [0.15, 0.2) is 0 Å². The molecule has 0 bridgehead atoms. The van der Waals surface area contributed by atoms with Gasteiger partial charge in [0.05, 0.1) is 6.04 Å². The Morgan fingerprint density at radius 2 is 1.87 bits per heavy atom. The van der Waals surface area contributed by atoms with Crippen molar-refractivity contribution >= 4 is 27.5 Å². The van der Waals surface area contributed by atoms with Crippen molar-refractivity contribution in [2.24, 2.45) is 5.92 Å². The van der Waals surface area contributed by atoms with Crippen LogP contribution >= 0.6 is 15.9 Å². The van der Waals surface area contributed by atoms with Crippen molar-refractivity contribution in [1.29, 1.82) is 0 Å². The molecule has 23 heavy (non-hydrogen) atoms. The quantitative estimate of drug-likeness (QED) is 0.782. The third-order valence-electron chi connectivity index (χ3n) is 4.17. The number of benzene rings is 2. The van der Waals surface area contributed by atoms with Gasteiger partial charge < -0.3 is 5.32 Å². The lowest BCUT2D eigenvalue weighted by Gasteiger charge is -2.23. The zero-order valence-electron chi connectivity index (χ0n) is 13.1. The van der Waals surface area contributed by atoms with Gasteiger partial charge >= 0.3 is 0 Å². The predicted octanol–water partition coefficient (Wildman–Crippen LogP) is 4.52. The molecule has 2 N–H and O–H groups in total. The number of hydrogen-bond donors (Lipinski definition) is 2. The molecule has 120 valence electrons. The number of amides is 1. The molecule has 0 saturated heterocycles. The molecule has 2 atom stereocenters. The Morgan fingerprint density at radius 3 is 2.52 bits per heavy atom. The highest BCUT2D eigenvalue weighted by atomic mass is 79.9. The van der Waals surface area contributed by atoms with Gasteiger partial charge in [-0.1, -0.05) is 52.3 Å². The van der Waals surface area contributed by atoms with Crippen LogP contribution in [0.1, 0.15) is 31.4 Å². The highest BCUT2D eigenvalue weighted by Crippen LogP contribution is 2.41. The van der Waals surface area contributed by atoms with Crippen molar-refractivity contribution in [2.75, 3.05) is 5.32 Å². The minimum absolute atomic E-state index is 0.00955. The molecule has 3 rings (SSSR count). The molecule has 1 amide bonds. The summed E-state index contributed by atoms with van der Waals surface area (Å²) in [4.78, 5) is 12.4. The van der Waals surface area contributed by atoms with Gasteiger partial charge in [0.1, 0.15) is 0 Å². The summed E-state index contributed by atoms with van der Waals surface area (Å²) in [5, 5.41) is 6.47. The Balaban J connectivity index is 1.65. The van der Waals surface area contributed by atoms with Crippen molar-refractivity contribution < 1.29 is 4.79 Å². The van der Waals surface area contributed by atoms with E-state index in [4.69, 9.17) is 0 Å². The SMILES string of the molecule is C[C@H](N[C@@H](c1ccccc1)C1CC1)C(=O)Nc1cccc(Br)c1. The summed E-state index contributed by atoms with van der Waals surface area (Å²) in [6.45, 7) is 1.92. The summed E-state index contributed by atoms with van der Waals surface area (Å²) in [5.41, 5.74) is 2.07. The first-order valence-electron chi connectivity index (χ1n) is 8.01. The minimum atomic E-state index is -0.250. The average Bonchev–Trinajstić information content (AvgIpc) is 3.38. The van der Waals surface area contributed by atoms with Crippen LogP contribution in [0.25, 0.3) is 0 Å². The van der Waals surface area contributed by atoms with E-state index >= 15 is 0 Å². The second kappa shape index (κ2) is 7.28. The third-order valence-corrected chi connectivity index (χ3v) is 4.66. The largest absolute Gasteiger partial charge is 0.325 e. The van der Waals surface area contributed by atoms with E-state index in [1.165, 1.54) is 18.4 Å². The molecule has 4 heteroatoms. The van der Waals surface area contributed by atoms with Crippen molar-refractivity contribution in [3.63, 3.8) is 0 Å². The van der Waals surface area contributed by atoms with E-state index in [0.29, 0.717) is 5.92 Å². The Bertz CT molecular complexity index is 670. The Kier molecular flexibility index (Phi) is 5.13. The van der Waals surface area contributed by atoms with Gasteiger partial charge in [0.2, 0.25) is 5.91 Å². The maximum absolute atomic E-state index is 12.4. The summed E-state index contributed by atoms with van der Waals surface area (Å²) in [5.74, 6) is 0.628. The fourth-order valence-corrected chi connectivity index (χ4v) is 3.16. The molecular formula is C19H21BrN2O. The summed E-state index contributed by atoms with van der Waals surface area (Å²) >= 11 is 3.42. The summed E-state index contributed by atoms with van der Waals surface area (Å²) in [6.07, 6.45) is 2.46. The normalized spacial score (nSPS) is 16.6. The topological polar surface area (TPSA) is 41.1 Å². The van der Waals surface area contributed by atoms with Gasteiger partial charge in [-0.3, -0.25) is 10.1 Å². The first-order valence-corrected chi connectivity index (χ1v) is 8.80. The minimum Gasteiger partial charge on any atom is -0.325 e. The molecule has 0 aromatic heterocycles. The van der Waals surface area contributed by atoms with Crippen molar-refractivity contribution in [2.45, 2.75) is 31.8 Å².